The number of ether oxygens (including phenoxy) is 3. The molecule has 9 nitrogen and oxygen atoms in total. The minimum absolute atomic E-state index is 0.0117. The van der Waals surface area contributed by atoms with E-state index in [4.69, 9.17) is 14.2 Å². The summed E-state index contributed by atoms with van der Waals surface area (Å²) >= 11 is 0. The fourth-order valence-corrected chi connectivity index (χ4v) is 7.17. The first-order valence-corrected chi connectivity index (χ1v) is 15.7. The Morgan fingerprint density at radius 1 is 1.02 bits per heavy atom. The molecule has 9 heteroatoms. The van der Waals surface area contributed by atoms with Gasteiger partial charge in [0, 0.05) is 19.0 Å². The second-order valence-electron chi connectivity index (χ2n) is 12.4. The third-order valence-corrected chi connectivity index (χ3v) is 9.68. The Hall–Kier alpha value is -4.01. The second kappa shape index (κ2) is 13.3. The normalized spacial score (nSPS) is 22.6. The summed E-state index contributed by atoms with van der Waals surface area (Å²) in [6.07, 6.45) is 8.85. The van der Waals surface area contributed by atoms with Crippen molar-refractivity contribution in [3.8, 4) is 28.4 Å². The highest BCUT2D eigenvalue weighted by atomic mass is 16.5. The van der Waals surface area contributed by atoms with Crippen molar-refractivity contribution in [2.24, 2.45) is 23.7 Å². The number of methoxy groups -OCH3 is 3. The van der Waals surface area contributed by atoms with Crippen LogP contribution < -0.4 is 35.6 Å². The van der Waals surface area contributed by atoms with Crippen molar-refractivity contribution in [2.75, 3.05) is 33.2 Å². The molecule has 5 rings (SSSR count). The second-order valence-corrected chi connectivity index (χ2v) is 12.4. The summed E-state index contributed by atoms with van der Waals surface area (Å²) in [4.78, 5) is 39.7. The standard InChI is InChI=1S/C35H45N3O6/c1-7-19(2)32(35(41)36-18-24-15-21-8-9-22(24)14-21)38-28-13-11-25-26(17-29(28)40)27(37-20(3)39)12-10-23-16-30(42-4)33(43-5)34(44-6)31(23)25/h8-9,11,13,16-17,19,21-22,24,27,32H,7,10,12,14-15,18H2,1-6H3,(H,36,41)(H,37,39)(H,38,40)/t19-,21-,22+,24+,27+,32+/m1/s1. The van der Waals surface area contributed by atoms with Crippen LogP contribution in [0.2, 0.25) is 0 Å². The molecule has 3 aliphatic carbocycles. The van der Waals surface area contributed by atoms with Crippen molar-refractivity contribution >= 4 is 17.5 Å². The SMILES string of the molecule is CC[C@@H](C)[C@H](Nc1ccc2c(cc1=O)[C@@H](NC(C)=O)CCc1cc(OC)c(OC)c(OC)c1-2)C(=O)NC[C@@H]1C[C@@H]2C=C[C@H]1C2. The number of allylic oxidation sites excluding steroid dienone is 2. The van der Waals surface area contributed by atoms with E-state index in [0.29, 0.717) is 65.6 Å². The lowest BCUT2D eigenvalue weighted by molar-refractivity contribution is -0.123. The van der Waals surface area contributed by atoms with Crippen molar-refractivity contribution < 1.29 is 23.8 Å². The van der Waals surface area contributed by atoms with Gasteiger partial charge in [-0.2, -0.15) is 0 Å². The van der Waals surface area contributed by atoms with Gasteiger partial charge in [0.2, 0.25) is 23.0 Å². The van der Waals surface area contributed by atoms with Crippen LogP contribution in [0.3, 0.4) is 0 Å². The smallest absolute Gasteiger partial charge is 0.242 e. The van der Waals surface area contributed by atoms with Crippen molar-refractivity contribution in [3.05, 3.63) is 57.8 Å². The Morgan fingerprint density at radius 2 is 1.80 bits per heavy atom. The van der Waals surface area contributed by atoms with Crippen molar-refractivity contribution in [3.63, 3.8) is 0 Å². The topological polar surface area (TPSA) is 115 Å². The first-order valence-electron chi connectivity index (χ1n) is 15.7. The summed E-state index contributed by atoms with van der Waals surface area (Å²) in [6, 6.07) is 6.13. The van der Waals surface area contributed by atoms with Gasteiger partial charge in [-0.15, -0.1) is 0 Å². The molecular formula is C35H45N3O6. The number of hydrogen-bond donors (Lipinski definition) is 3. The van der Waals surface area contributed by atoms with E-state index >= 15 is 0 Å². The van der Waals surface area contributed by atoms with Gasteiger partial charge in [0.25, 0.3) is 0 Å². The summed E-state index contributed by atoms with van der Waals surface area (Å²) < 4.78 is 17.2. The first-order chi connectivity index (χ1) is 21.2. The number of amides is 2. The summed E-state index contributed by atoms with van der Waals surface area (Å²) in [5.41, 5.74) is 3.22. The molecule has 0 spiro atoms. The number of nitrogens with one attached hydrogen (secondary N) is 3. The number of hydrogen-bond acceptors (Lipinski definition) is 7. The molecule has 3 N–H and O–H groups in total. The predicted octanol–water partition coefficient (Wildman–Crippen LogP) is 5.02. The number of carbonyl (C=O) groups excluding carboxylic acids is 2. The number of benzene rings is 1. The molecule has 2 aromatic rings. The lowest BCUT2D eigenvalue weighted by Gasteiger charge is -2.26. The van der Waals surface area contributed by atoms with Crippen LogP contribution in [0.4, 0.5) is 5.69 Å². The lowest BCUT2D eigenvalue weighted by atomic mass is 9.93. The summed E-state index contributed by atoms with van der Waals surface area (Å²) in [5, 5.41) is 9.54. The average molecular weight is 604 g/mol. The minimum Gasteiger partial charge on any atom is -0.493 e. The van der Waals surface area contributed by atoms with Gasteiger partial charge < -0.3 is 30.2 Å². The van der Waals surface area contributed by atoms with Gasteiger partial charge in [-0.1, -0.05) is 38.5 Å². The van der Waals surface area contributed by atoms with E-state index in [0.717, 1.165) is 29.5 Å². The van der Waals surface area contributed by atoms with E-state index in [-0.39, 0.29) is 23.2 Å². The minimum atomic E-state index is -0.582. The molecule has 44 heavy (non-hydrogen) atoms. The Balaban J connectivity index is 1.54. The molecule has 0 heterocycles. The average Bonchev–Trinajstić information content (AvgIpc) is 3.57. The highest BCUT2D eigenvalue weighted by Gasteiger charge is 2.36. The fourth-order valence-electron chi connectivity index (χ4n) is 7.17. The Kier molecular flexibility index (Phi) is 9.51. The highest BCUT2D eigenvalue weighted by Crippen LogP contribution is 2.50. The molecule has 6 atom stereocenters. The zero-order valence-electron chi connectivity index (χ0n) is 26.6. The molecule has 2 aromatic carbocycles. The molecule has 1 saturated carbocycles. The Morgan fingerprint density at radius 3 is 2.41 bits per heavy atom. The zero-order chi connectivity index (χ0) is 31.5. The van der Waals surface area contributed by atoms with Crippen LogP contribution in [0.25, 0.3) is 11.1 Å². The van der Waals surface area contributed by atoms with Crippen molar-refractivity contribution in [1.82, 2.24) is 10.6 Å². The van der Waals surface area contributed by atoms with E-state index in [9.17, 15) is 14.4 Å². The van der Waals surface area contributed by atoms with Crippen LogP contribution in [0.15, 0.2) is 41.2 Å². The van der Waals surface area contributed by atoms with Gasteiger partial charge in [-0.05, 0) is 84.2 Å². The van der Waals surface area contributed by atoms with Crippen LogP contribution in [-0.4, -0.2) is 45.7 Å². The highest BCUT2D eigenvalue weighted by molar-refractivity contribution is 5.86. The largest absolute Gasteiger partial charge is 0.493 e. The summed E-state index contributed by atoms with van der Waals surface area (Å²) in [7, 11) is 4.71. The molecule has 0 radical (unpaired) electrons. The number of anilines is 1. The number of aryl methyl sites for hydroxylation is 1. The number of carbonyl (C=O) groups is 2. The number of rotatable bonds is 11. The van der Waals surface area contributed by atoms with E-state index < -0.39 is 12.1 Å². The van der Waals surface area contributed by atoms with Gasteiger partial charge in [0.05, 0.1) is 33.1 Å². The third kappa shape index (κ3) is 6.14. The Bertz CT molecular complexity index is 1500. The molecule has 236 valence electrons. The lowest BCUT2D eigenvalue weighted by Crippen LogP contribution is -2.46. The molecular weight excluding hydrogens is 558 g/mol. The van der Waals surface area contributed by atoms with Gasteiger partial charge in [0.1, 0.15) is 6.04 Å². The van der Waals surface area contributed by atoms with Crippen LogP contribution in [-0.2, 0) is 16.0 Å². The van der Waals surface area contributed by atoms with E-state index in [1.54, 1.807) is 33.5 Å². The van der Waals surface area contributed by atoms with E-state index in [1.807, 2.05) is 26.0 Å². The first kappa shape index (κ1) is 31.4. The Labute approximate surface area is 259 Å². The van der Waals surface area contributed by atoms with Gasteiger partial charge in [0.15, 0.2) is 11.5 Å². The maximum absolute atomic E-state index is 13.9. The van der Waals surface area contributed by atoms with Crippen molar-refractivity contribution in [1.29, 1.82) is 0 Å². The van der Waals surface area contributed by atoms with Crippen LogP contribution in [0, 0.1) is 23.7 Å². The maximum Gasteiger partial charge on any atom is 0.242 e. The zero-order valence-corrected chi connectivity index (χ0v) is 26.6. The summed E-state index contributed by atoms with van der Waals surface area (Å²) in [5.74, 6) is 2.83. The maximum atomic E-state index is 13.9. The van der Waals surface area contributed by atoms with Crippen LogP contribution >= 0.6 is 0 Å². The fraction of sp³-hybridized carbons (Fsp3) is 0.514. The molecule has 0 unspecified atom stereocenters. The van der Waals surface area contributed by atoms with Crippen LogP contribution in [0.1, 0.15) is 63.6 Å². The number of fused-ring (bicyclic) bond motifs is 5. The molecule has 2 amide bonds. The monoisotopic (exact) mass is 603 g/mol. The van der Waals surface area contributed by atoms with E-state index in [1.165, 1.54) is 13.3 Å². The predicted molar refractivity (Wildman–Crippen MR) is 171 cm³/mol. The third-order valence-electron chi connectivity index (χ3n) is 9.68. The van der Waals surface area contributed by atoms with Gasteiger partial charge in [-0.3, -0.25) is 14.4 Å². The van der Waals surface area contributed by atoms with Gasteiger partial charge >= 0.3 is 0 Å². The molecule has 0 aliphatic heterocycles. The van der Waals surface area contributed by atoms with Crippen LogP contribution in [0.5, 0.6) is 17.2 Å². The van der Waals surface area contributed by atoms with E-state index in [2.05, 4.69) is 28.1 Å². The summed E-state index contributed by atoms with van der Waals surface area (Å²) in [6.45, 7) is 6.18. The molecule has 0 saturated heterocycles. The quantitative estimate of drug-likeness (QED) is 0.309. The van der Waals surface area contributed by atoms with Gasteiger partial charge in [-0.25, -0.2) is 0 Å². The molecule has 0 aromatic heterocycles. The molecule has 3 aliphatic rings. The van der Waals surface area contributed by atoms with Crippen molar-refractivity contribution in [2.45, 2.75) is 65.0 Å². The molecule has 2 bridgehead atoms. The molecule has 1 fully saturated rings.